The molecule has 2 aromatic rings. The van der Waals surface area contributed by atoms with E-state index in [9.17, 15) is 13.2 Å². The molecule has 0 bridgehead atoms. The van der Waals surface area contributed by atoms with E-state index in [1.165, 1.54) is 21.9 Å². The maximum absolute atomic E-state index is 12.4. The molecule has 3 rings (SSSR count). The van der Waals surface area contributed by atoms with Gasteiger partial charge in [-0.2, -0.15) is 0 Å². The predicted octanol–water partition coefficient (Wildman–Crippen LogP) is 2.31. The van der Waals surface area contributed by atoms with E-state index in [4.69, 9.17) is 0 Å². The van der Waals surface area contributed by atoms with Crippen LogP contribution < -0.4 is 9.62 Å². The van der Waals surface area contributed by atoms with Gasteiger partial charge in [0.05, 0.1) is 11.9 Å². The Balaban J connectivity index is 1.75. The summed E-state index contributed by atoms with van der Waals surface area (Å²) in [6.07, 6.45) is 2.61. The molecule has 7 nitrogen and oxygen atoms in total. The van der Waals surface area contributed by atoms with E-state index in [-0.39, 0.29) is 5.91 Å². The van der Waals surface area contributed by atoms with Crippen LogP contribution in [0.15, 0.2) is 18.2 Å². The molecule has 0 unspecified atom stereocenters. The van der Waals surface area contributed by atoms with Crippen molar-refractivity contribution in [1.82, 2.24) is 10.2 Å². The minimum Gasteiger partial charge on any atom is -0.296 e. The lowest BCUT2D eigenvalue weighted by molar-refractivity contribution is 0.102. The molecule has 0 saturated carbocycles. The van der Waals surface area contributed by atoms with Gasteiger partial charge in [0.15, 0.2) is 0 Å². The van der Waals surface area contributed by atoms with E-state index >= 15 is 0 Å². The third-order valence-corrected chi connectivity index (χ3v) is 5.91. The summed E-state index contributed by atoms with van der Waals surface area (Å²) in [4.78, 5) is 12.4. The number of hydrogen-bond donors (Lipinski definition) is 1. The first kappa shape index (κ1) is 17.8. The van der Waals surface area contributed by atoms with Gasteiger partial charge >= 0.3 is 0 Å². The van der Waals surface area contributed by atoms with E-state index < -0.39 is 10.0 Å². The molecule has 1 aliphatic rings. The zero-order chi connectivity index (χ0) is 18.2. The molecule has 1 aromatic carbocycles. The SMILES string of the molecule is CC(C)Cc1nnc(NC(=O)c2ccc3c(c2)CCN3S(C)(=O)=O)s1. The molecule has 0 atom stereocenters. The maximum atomic E-state index is 12.4. The molecule has 134 valence electrons. The van der Waals surface area contributed by atoms with Gasteiger partial charge in [0, 0.05) is 18.5 Å². The Bertz CT molecular complexity index is 906. The van der Waals surface area contributed by atoms with Crippen LogP contribution >= 0.6 is 11.3 Å². The van der Waals surface area contributed by atoms with E-state index in [2.05, 4.69) is 29.4 Å². The summed E-state index contributed by atoms with van der Waals surface area (Å²) in [5, 5.41) is 12.2. The van der Waals surface area contributed by atoms with E-state index in [0.29, 0.717) is 35.3 Å². The highest BCUT2D eigenvalue weighted by Gasteiger charge is 2.26. The second-order valence-electron chi connectivity index (χ2n) is 6.48. The Hall–Kier alpha value is -2.00. The fraction of sp³-hybridized carbons (Fsp3) is 0.438. The highest BCUT2D eigenvalue weighted by Crippen LogP contribution is 2.31. The summed E-state index contributed by atoms with van der Waals surface area (Å²) in [6.45, 7) is 4.61. The van der Waals surface area contributed by atoms with Crippen LogP contribution in [0.3, 0.4) is 0 Å². The normalized spacial score (nSPS) is 14.0. The van der Waals surface area contributed by atoms with Gasteiger partial charge in [-0.05, 0) is 36.1 Å². The van der Waals surface area contributed by atoms with Crippen molar-refractivity contribution in [1.29, 1.82) is 0 Å². The molecule has 1 N–H and O–H groups in total. The summed E-state index contributed by atoms with van der Waals surface area (Å²) in [6, 6.07) is 5.06. The van der Waals surface area contributed by atoms with Crippen LogP contribution in [0.25, 0.3) is 0 Å². The maximum Gasteiger partial charge on any atom is 0.257 e. The number of hydrogen-bond acceptors (Lipinski definition) is 6. The zero-order valence-corrected chi connectivity index (χ0v) is 15.9. The Labute approximate surface area is 151 Å². The molecule has 0 spiro atoms. The number of sulfonamides is 1. The van der Waals surface area contributed by atoms with E-state index in [1.807, 2.05) is 0 Å². The number of benzene rings is 1. The molecular weight excluding hydrogens is 360 g/mol. The number of nitrogens with one attached hydrogen (secondary N) is 1. The first-order valence-electron chi connectivity index (χ1n) is 7.98. The monoisotopic (exact) mass is 380 g/mol. The summed E-state index contributed by atoms with van der Waals surface area (Å²) in [5.41, 5.74) is 1.99. The number of anilines is 2. The van der Waals surface area contributed by atoms with Gasteiger partial charge in [0.25, 0.3) is 5.91 Å². The molecule has 0 aliphatic carbocycles. The fourth-order valence-electron chi connectivity index (χ4n) is 2.76. The van der Waals surface area contributed by atoms with Crippen LogP contribution in [0.4, 0.5) is 10.8 Å². The Morgan fingerprint density at radius 1 is 1.36 bits per heavy atom. The van der Waals surface area contributed by atoms with Crippen LogP contribution in [0.5, 0.6) is 0 Å². The fourth-order valence-corrected chi connectivity index (χ4v) is 4.67. The predicted molar refractivity (Wildman–Crippen MR) is 98.7 cm³/mol. The minimum absolute atomic E-state index is 0.271. The highest BCUT2D eigenvalue weighted by atomic mass is 32.2. The number of amides is 1. The summed E-state index contributed by atoms with van der Waals surface area (Å²) < 4.78 is 24.9. The van der Waals surface area contributed by atoms with E-state index in [0.717, 1.165) is 17.0 Å². The van der Waals surface area contributed by atoms with Crippen molar-refractivity contribution in [2.75, 3.05) is 22.4 Å². The minimum atomic E-state index is -3.29. The average molecular weight is 380 g/mol. The van der Waals surface area contributed by atoms with Gasteiger partial charge in [-0.1, -0.05) is 25.2 Å². The molecule has 1 aromatic heterocycles. The smallest absolute Gasteiger partial charge is 0.257 e. The van der Waals surface area contributed by atoms with Gasteiger partial charge in [-0.15, -0.1) is 10.2 Å². The van der Waals surface area contributed by atoms with Crippen LogP contribution in [0.1, 0.15) is 34.8 Å². The topological polar surface area (TPSA) is 92.3 Å². The van der Waals surface area contributed by atoms with E-state index in [1.54, 1.807) is 18.2 Å². The van der Waals surface area contributed by atoms with Crippen molar-refractivity contribution in [3.8, 4) is 0 Å². The molecule has 0 saturated heterocycles. The van der Waals surface area contributed by atoms with Gasteiger partial charge < -0.3 is 0 Å². The largest absolute Gasteiger partial charge is 0.296 e. The zero-order valence-electron chi connectivity index (χ0n) is 14.3. The lowest BCUT2D eigenvalue weighted by atomic mass is 10.1. The third kappa shape index (κ3) is 3.98. The Morgan fingerprint density at radius 2 is 2.12 bits per heavy atom. The van der Waals surface area contributed by atoms with Crippen LogP contribution in [-0.4, -0.2) is 37.3 Å². The summed E-state index contributed by atoms with van der Waals surface area (Å²) >= 11 is 1.37. The molecule has 1 aliphatic heterocycles. The third-order valence-electron chi connectivity index (χ3n) is 3.87. The van der Waals surface area contributed by atoms with Crippen LogP contribution in [0.2, 0.25) is 0 Å². The van der Waals surface area contributed by atoms with Gasteiger partial charge in [0.2, 0.25) is 15.2 Å². The number of carbonyl (C=O) groups excluding carboxylic acids is 1. The quantitative estimate of drug-likeness (QED) is 0.859. The van der Waals surface area contributed by atoms with Crippen molar-refractivity contribution >= 4 is 38.1 Å². The molecule has 1 amide bonds. The first-order chi connectivity index (χ1) is 11.7. The second kappa shape index (κ2) is 6.72. The lowest BCUT2D eigenvalue weighted by Gasteiger charge is -2.16. The number of aromatic nitrogens is 2. The molecule has 25 heavy (non-hydrogen) atoms. The van der Waals surface area contributed by atoms with Crippen molar-refractivity contribution in [2.24, 2.45) is 5.92 Å². The second-order valence-corrected chi connectivity index (χ2v) is 9.45. The molecular formula is C16H20N4O3S2. The van der Waals surface area contributed by atoms with Crippen molar-refractivity contribution in [3.63, 3.8) is 0 Å². The Morgan fingerprint density at radius 3 is 2.80 bits per heavy atom. The van der Waals surface area contributed by atoms with Crippen LogP contribution in [-0.2, 0) is 22.9 Å². The van der Waals surface area contributed by atoms with Gasteiger partial charge in [-0.25, -0.2) is 8.42 Å². The number of fused-ring (bicyclic) bond motifs is 1. The molecule has 2 heterocycles. The standard InChI is InChI=1S/C16H20N4O3S2/c1-10(2)8-14-18-19-16(24-14)17-15(21)12-4-5-13-11(9-12)6-7-20(13)25(3,22)23/h4-5,9-10H,6-8H2,1-3H3,(H,17,19,21). The molecule has 9 heteroatoms. The van der Waals surface area contributed by atoms with Crippen molar-refractivity contribution < 1.29 is 13.2 Å². The number of nitrogens with zero attached hydrogens (tertiary/aromatic N) is 3. The number of carbonyl (C=O) groups is 1. The van der Waals surface area contributed by atoms with Gasteiger partial charge in [-0.3, -0.25) is 14.4 Å². The van der Waals surface area contributed by atoms with Crippen molar-refractivity contribution in [2.45, 2.75) is 26.7 Å². The van der Waals surface area contributed by atoms with Gasteiger partial charge in [0.1, 0.15) is 5.01 Å². The summed E-state index contributed by atoms with van der Waals surface area (Å²) in [7, 11) is -3.29. The first-order valence-corrected chi connectivity index (χ1v) is 10.6. The molecule has 0 radical (unpaired) electrons. The highest BCUT2D eigenvalue weighted by molar-refractivity contribution is 7.92. The van der Waals surface area contributed by atoms with Crippen LogP contribution in [0, 0.1) is 5.92 Å². The summed E-state index contributed by atoms with van der Waals surface area (Å²) in [5.74, 6) is 0.207. The Kier molecular flexibility index (Phi) is 4.79. The average Bonchev–Trinajstić information content (AvgIpc) is 3.11. The van der Waals surface area contributed by atoms with Crippen molar-refractivity contribution in [3.05, 3.63) is 34.3 Å². The lowest BCUT2D eigenvalue weighted by Crippen LogP contribution is -2.27. The number of rotatable bonds is 5. The molecule has 0 fully saturated rings.